The molecule has 0 bridgehead atoms. The van der Waals surface area contributed by atoms with Gasteiger partial charge >= 0.3 is 0 Å². The number of fused-ring (bicyclic) bond motifs is 1. The van der Waals surface area contributed by atoms with E-state index in [1.54, 1.807) is 25.6 Å². The van der Waals surface area contributed by atoms with E-state index in [-0.39, 0.29) is 0 Å². The monoisotopic (exact) mass is 329 g/mol. The number of nitrogens with one attached hydrogen (secondary N) is 1. The third-order valence-electron chi connectivity index (χ3n) is 3.38. The number of pyridine rings is 1. The molecule has 0 fully saturated rings. The highest BCUT2D eigenvalue weighted by Crippen LogP contribution is 2.32. The minimum Gasteiger partial charge on any atom is -0.497 e. The molecule has 6 heteroatoms. The number of anilines is 1. The number of hydrogen-bond donors (Lipinski definition) is 1. The van der Waals surface area contributed by atoms with Crippen molar-refractivity contribution in [2.45, 2.75) is 19.9 Å². The Labute approximate surface area is 139 Å². The number of rotatable bonds is 5. The molecule has 3 aromatic rings. The highest BCUT2D eigenvalue weighted by Gasteiger charge is 2.12. The molecule has 3 rings (SSSR count). The number of nitrogens with zero attached hydrogens (tertiary/aromatic N) is 2. The van der Waals surface area contributed by atoms with Gasteiger partial charge in [0.1, 0.15) is 11.4 Å². The number of hydrogen-bond acceptors (Lipinski definition) is 6. The average Bonchev–Trinajstić information content (AvgIpc) is 3.00. The molecule has 2 aromatic heterocycles. The van der Waals surface area contributed by atoms with Crippen LogP contribution in [0.2, 0.25) is 0 Å². The molecule has 2 heterocycles. The Morgan fingerprint density at radius 1 is 1.04 bits per heavy atom. The zero-order valence-electron chi connectivity index (χ0n) is 13.6. The number of methoxy groups -OCH3 is 2. The van der Waals surface area contributed by atoms with Gasteiger partial charge in [0.2, 0.25) is 5.88 Å². The fourth-order valence-corrected chi connectivity index (χ4v) is 3.17. The van der Waals surface area contributed by atoms with E-state index in [1.165, 1.54) is 0 Å². The molecule has 0 aliphatic rings. The zero-order chi connectivity index (χ0) is 16.4. The molecule has 5 nitrogen and oxygen atoms in total. The highest BCUT2D eigenvalue weighted by molar-refractivity contribution is 7.14. The van der Waals surface area contributed by atoms with Crippen molar-refractivity contribution >= 4 is 27.2 Å². The summed E-state index contributed by atoms with van der Waals surface area (Å²) in [5.74, 6) is 1.39. The molecule has 0 amide bonds. The number of ether oxygens (including phenoxy) is 2. The minimum absolute atomic E-state index is 0.345. The summed E-state index contributed by atoms with van der Waals surface area (Å²) < 4.78 is 10.7. The first-order valence-corrected chi connectivity index (χ1v) is 8.24. The molecular formula is C17H19N3O2S. The molecule has 0 radical (unpaired) electrons. The lowest BCUT2D eigenvalue weighted by atomic mass is 10.1. The normalized spacial score (nSPS) is 11.0. The standard InChI is InChI=1S/C17H19N3O2S/c1-10(2)18-17-20-15(9-23-17)14-8-11-7-12(21-3)5-6-13(11)16(19-14)22-4/h5-10H,1-4H3,(H,18,20). The lowest BCUT2D eigenvalue weighted by Gasteiger charge is -2.09. The van der Waals surface area contributed by atoms with Crippen molar-refractivity contribution in [3.8, 4) is 23.0 Å². The molecule has 1 N–H and O–H groups in total. The van der Waals surface area contributed by atoms with E-state index in [2.05, 4.69) is 29.1 Å². The van der Waals surface area contributed by atoms with Gasteiger partial charge in [-0.25, -0.2) is 9.97 Å². The van der Waals surface area contributed by atoms with Gasteiger partial charge in [-0.15, -0.1) is 11.3 Å². The summed E-state index contributed by atoms with van der Waals surface area (Å²) >= 11 is 1.57. The van der Waals surface area contributed by atoms with Gasteiger partial charge in [-0.1, -0.05) is 0 Å². The maximum Gasteiger partial charge on any atom is 0.221 e. The molecule has 0 saturated carbocycles. The molecule has 0 atom stereocenters. The first kappa shape index (κ1) is 15.6. The van der Waals surface area contributed by atoms with Gasteiger partial charge < -0.3 is 14.8 Å². The maximum atomic E-state index is 5.44. The smallest absolute Gasteiger partial charge is 0.221 e. The minimum atomic E-state index is 0.345. The van der Waals surface area contributed by atoms with E-state index >= 15 is 0 Å². The van der Waals surface area contributed by atoms with Gasteiger partial charge in [-0.2, -0.15) is 0 Å². The first-order valence-electron chi connectivity index (χ1n) is 7.36. The first-order chi connectivity index (χ1) is 11.1. The molecular weight excluding hydrogens is 310 g/mol. The Morgan fingerprint density at radius 3 is 2.57 bits per heavy atom. The second-order valence-electron chi connectivity index (χ2n) is 5.44. The fraction of sp³-hybridized carbons (Fsp3) is 0.294. The van der Waals surface area contributed by atoms with Crippen molar-refractivity contribution in [3.63, 3.8) is 0 Å². The number of aromatic nitrogens is 2. The summed E-state index contributed by atoms with van der Waals surface area (Å²) in [6, 6.07) is 8.19. The van der Waals surface area contributed by atoms with Crippen LogP contribution in [0.1, 0.15) is 13.8 Å². The number of benzene rings is 1. The van der Waals surface area contributed by atoms with Gasteiger partial charge in [0.25, 0.3) is 0 Å². The summed E-state index contributed by atoms with van der Waals surface area (Å²) in [5.41, 5.74) is 1.62. The highest BCUT2D eigenvalue weighted by atomic mass is 32.1. The van der Waals surface area contributed by atoms with E-state index in [4.69, 9.17) is 9.47 Å². The Morgan fingerprint density at radius 2 is 1.87 bits per heavy atom. The fourth-order valence-electron chi connectivity index (χ4n) is 2.32. The molecule has 0 aliphatic carbocycles. The molecule has 0 spiro atoms. The van der Waals surface area contributed by atoms with Crippen LogP contribution in [0.15, 0.2) is 29.6 Å². The van der Waals surface area contributed by atoms with Crippen LogP contribution in [0.3, 0.4) is 0 Å². The van der Waals surface area contributed by atoms with Crippen LogP contribution in [0.5, 0.6) is 11.6 Å². The second-order valence-corrected chi connectivity index (χ2v) is 6.30. The molecule has 0 unspecified atom stereocenters. The number of thiazole rings is 1. The Bertz CT molecular complexity index is 830. The summed E-state index contributed by atoms with van der Waals surface area (Å²) in [7, 11) is 3.29. The Hall–Kier alpha value is -2.34. The lowest BCUT2D eigenvalue weighted by Crippen LogP contribution is -2.09. The average molecular weight is 329 g/mol. The summed E-state index contributed by atoms with van der Waals surface area (Å²) in [6.07, 6.45) is 0. The molecule has 23 heavy (non-hydrogen) atoms. The van der Waals surface area contributed by atoms with Crippen LogP contribution in [0, 0.1) is 0 Å². The Kier molecular flexibility index (Phi) is 4.34. The predicted molar refractivity (Wildman–Crippen MR) is 94.7 cm³/mol. The van der Waals surface area contributed by atoms with Crippen molar-refractivity contribution in [3.05, 3.63) is 29.6 Å². The molecule has 1 aromatic carbocycles. The summed E-state index contributed by atoms with van der Waals surface area (Å²) in [5, 5.41) is 8.16. The van der Waals surface area contributed by atoms with Gasteiger partial charge in [0.05, 0.1) is 19.9 Å². The molecule has 0 aliphatic heterocycles. The van der Waals surface area contributed by atoms with Crippen LogP contribution < -0.4 is 14.8 Å². The zero-order valence-corrected chi connectivity index (χ0v) is 14.4. The van der Waals surface area contributed by atoms with E-state index < -0.39 is 0 Å². The third kappa shape index (κ3) is 3.22. The third-order valence-corrected chi connectivity index (χ3v) is 4.15. The lowest BCUT2D eigenvalue weighted by molar-refractivity contribution is 0.403. The van der Waals surface area contributed by atoms with Crippen LogP contribution in [0.4, 0.5) is 5.13 Å². The van der Waals surface area contributed by atoms with Crippen LogP contribution in [0.25, 0.3) is 22.2 Å². The molecule has 120 valence electrons. The second kappa shape index (κ2) is 6.42. The van der Waals surface area contributed by atoms with E-state index in [1.807, 2.05) is 29.6 Å². The topological polar surface area (TPSA) is 56.3 Å². The summed E-state index contributed by atoms with van der Waals surface area (Å²) in [4.78, 5) is 9.19. The van der Waals surface area contributed by atoms with Gasteiger partial charge in [0, 0.05) is 16.8 Å². The Balaban J connectivity index is 2.08. The van der Waals surface area contributed by atoms with E-state index in [9.17, 15) is 0 Å². The largest absolute Gasteiger partial charge is 0.497 e. The van der Waals surface area contributed by atoms with Crippen molar-refractivity contribution in [1.82, 2.24) is 9.97 Å². The van der Waals surface area contributed by atoms with E-state index in [0.717, 1.165) is 33.0 Å². The van der Waals surface area contributed by atoms with Crippen molar-refractivity contribution in [2.75, 3.05) is 19.5 Å². The van der Waals surface area contributed by atoms with Gasteiger partial charge in [-0.3, -0.25) is 0 Å². The summed E-state index contributed by atoms with van der Waals surface area (Å²) in [6.45, 7) is 4.18. The SMILES string of the molecule is COc1ccc2c(OC)nc(-c3csc(NC(C)C)n3)cc2c1. The van der Waals surface area contributed by atoms with Crippen molar-refractivity contribution in [1.29, 1.82) is 0 Å². The van der Waals surface area contributed by atoms with Crippen LogP contribution in [-0.2, 0) is 0 Å². The van der Waals surface area contributed by atoms with Crippen molar-refractivity contribution in [2.24, 2.45) is 0 Å². The van der Waals surface area contributed by atoms with E-state index in [0.29, 0.717) is 11.9 Å². The van der Waals surface area contributed by atoms with Crippen molar-refractivity contribution < 1.29 is 9.47 Å². The van der Waals surface area contributed by atoms with Crippen LogP contribution >= 0.6 is 11.3 Å². The van der Waals surface area contributed by atoms with Crippen LogP contribution in [-0.4, -0.2) is 30.2 Å². The quantitative estimate of drug-likeness (QED) is 0.760. The molecule has 0 saturated heterocycles. The predicted octanol–water partition coefficient (Wildman–Crippen LogP) is 4.20. The maximum absolute atomic E-state index is 5.44. The van der Waals surface area contributed by atoms with Gasteiger partial charge in [0.15, 0.2) is 5.13 Å². The van der Waals surface area contributed by atoms with Gasteiger partial charge in [-0.05, 0) is 43.5 Å².